The second kappa shape index (κ2) is 8.15. The van der Waals surface area contributed by atoms with Gasteiger partial charge in [-0.1, -0.05) is 31.2 Å². The van der Waals surface area contributed by atoms with Crippen molar-refractivity contribution in [3.63, 3.8) is 0 Å². The number of benzene rings is 2. The Morgan fingerprint density at radius 1 is 1.12 bits per heavy atom. The molecule has 5 heteroatoms. The van der Waals surface area contributed by atoms with Crippen LogP contribution in [0.4, 0.5) is 0 Å². The lowest BCUT2D eigenvalue weighted by Gasteiger charge is -2.21. The molecule has 2 aromatic carbocycles. The van der Waals surface area contributed by atoms with E-state index in [2.05, 4.69) is 12.2 Å². The number of nitrogens with zero attached hydrogens (tertiary/aromatic N) is 2. The largest absolute Gasteiger partial charge is 0.492 e. The van der Waals surface area contributed by atoms with Crippen molar-refractivity contribution in [2.45, 2.75) is 33.2 Å². The van der Waals surface area contributed by atoms with E-state index in [9.17, 15) is 4.79 Å². The zero-order valence-corrected chi connectivity index (χ0v) is 15.5. The van der Waals surface area contributed by atoms with Crippen molar-refractivity contribution in [2.24, 2.45) is 0 Å². The van der Waals surface area contributed by atoms with Crippen molar-refractivity contribution in [3.8, 4) is 11.4 Å². The van der Waals surface area contributed by atoms with E-state index in [1.165, 1.54) is 0 Å². The van der Waals surface area contributed by atoms with Crippen LogP contribution in [-0.4, -0.2) is 22.7 Å². The molecule has 0 bridgehead atoms. The minimum atomic E-state index is -0.0806. The maximum absolute atomic E-state index is 13.3. The Labute approximate surface area is 153 Å². The van der Waals surface area contributed by atoms with E-state index in [0.717, 1.165) is 18.7 Å². The van der Waals surface area contributed by atoms with Crippen LogP contribution < -0.4 is 15.6 Å². The van der Waals surface area contributed by atoms with Crippen LogP contribution in [0.2, 0.25) is 0 Å². The van der Waals surface area contributed by atoms with Gasteiger partial charge in [0.15, 0.2) is 0 Å². The second-order valence-corrected chi connectivity index (χ2v) is 6.20. The Balaban J connectivity index is 2.28. The summed E-state index contributed by atoms with van der Waals surface area (Å²) in [4.78, 5) is 18.1. The highest BCUT2D eigenvalue weighted by Crippen LogP contribution is 2.25. The number of aromatic nitrogens is 2. The monoisotopic (exact) mass is 351 g/mol. The van der Waals surface area contributed by atoms with E-state index in [-0.39, 0.29) is 11.6 Å². The summed E-state index contributed by atoms with van der Waals surface area (Å²) in [6, 6.07) is 15.0. The molecular formula is C21H25N3O2. The minimum Gasteiger partial charge on any atom is -0.492 e. The predicted molar refractivity (Wildman–Crippen MR) is 105 cm³/mol. The van der Waals surface area contributed by atoms with Gasteiger partial charge in [-0.2, -0.15) is 0 Å². The first-order chi connectivity index (χ1) is 12.7. The summed E-state index contributed by atoms with van der Waals surface area (Å²) in [6.07, 6.45) is 1.01. The number of hydrogen-bond acceptors (Lipinski definition) is 4. The second-order valence-electron chi connectivity index (χ2n) is 6.20. The van der Waals surface area contributed by atoms with Crippen LogP contribution in [-0.2, 0) is 0 Å². The molecule has 136 valence electrons. The van der Waals surface area contributed by atoms with E-state index >= 15 is 0 Å². The molecule has 0 aliphatic heterocycles. The molecule has 0 spiro atoms. The lowest BCUT2D eigenvalue weighted by Crippen LogP contribution is -2.30. The summed E-state index contributed by atoms with van der Waals surface area (Å²) >= 11 is 0. The number of ether oxygens (including phenoxy) is 1. The van der Waals surface area contributed by atoms with Crippen LogP contribution in [0, 0.1) is 0 Å². The van der Waals surface area contributed by atoms with Crippen molar-refractivity contribution < 1.29 is 4.74 Å². The van der Waals surface area contributed by atoms with Crippen LogP contribution in [0.1, 0.15) is 39.1 Å². The third-order valence-electron chi connectivity index (χ3n) is 4.30. The number of hydrogen-bond donors (Lipinski definition) is 1. The summed E-state index contributed by atoms with van der Waals surface area (Å²) in [5, 5.41) is 4.04. The van der Waals surface area contributed by atoms with Gasteiger partial charge in [0.2, 0.25) is 0 Å². The topological polar surface area (TPSA) is 56.2 Å². The Hall–Kier alpha value is -2.66. The Kier molecular flexibility index (Phi) is 5.68. The molecule has 1 atom stereocenters. The van der Waals surface area contributed by atoms with E-state index in [4.69, 9.17) is 9.72 Å². The van der Waals surface area contributed by atoms with Crippen molar-refractivity contribution in [2.75, 3.05) is 13.2 Å². The molecule has 1 unspecified atom stereocenters. The third kappa shape index (κ3) is 3.48. The molecule has 1 N–H and O–H groups in total. The van der Waals surface area contributed by atoms with Crippen LogP contribution in [0.25, 0.3) is 16.6 Å². The van der Waals surface area contributed by atoms with Crippen molar-refractivity contribution in [3.05, 3.63) is 64.7 Å². The molecule has 0 saturated heterocycles. The van der Waals surface area contributed by atoms with E-state index in [0.29, 0.717) is 29.1 Å². The number of rotatable bonds is 7. The van der Waals surface area contributed by atoms with Gasteiger partial charge in [-0.3, -0.25) is 9.36 Å². The molecule has 3 aromatic rings. The van der Waals surface area contributed by atoms with Crippen molar-refractivity contribution in [1.82, 2.24) is 14.9 Å². The van der Waals surface area contributed by atoms with Gasteiger partial charge in [0, 0.05) is 0 Å². The van der Waals surface area contributed by atoms with E-state index in [1.807, 2.05) is 62.4 Å². The van der Waals surface area contributed by atoms with Gasteiger partial charge in [0.1, 0.15) is 11.6 Å². The molecular weight excluding hydrogens is 326 g/mol. The standard InChI is InChI=1S/C21H25N3O2/c1-4-14-22-15(3)20-23-17-11-7-6-10-16(17)21(25)24(20)18-12-8-9-13-19(18)26-5-2/h6-13,15,22H,4-5,14H2,1-3H3. The van der Waals surface area contributed by atoms with Gasteiger partial charge in [0.05, 0.1) is 29.2 Å². The fraction of sp³-hybridized carbons (Fsp3) is 0.333. The molecule has 0 fully saturated rings. The molecule has 5 nitrogen and oxygen atoms in total. The number of fused-ring (bicyclic) bond motifs is 1. The van der Waals surface area contributed by atoms with Gasteiger partial charge >= 0.3 is 0 Å². The van der Waals surface area contributed by atoms with Gasteiger partial charge < -0.3 is 10.1 Å². The smallest absolute Gasteiger partial charge is 0.266 e. The molecule has 1 aromatic heterocycles. The molecule has 1 heterocycles. The van der Waals surface area contributed by atoms with Crippen LogP contribution >= 0.6 is 0 Å². The highest BCUT2D eigenvalue weighted by atomic mass is 16.5. The average molecular weight is 351 g/mol. The first kappa shape index (κ1) is 18.1. The van der Waals surface area contributed by atoms with E-state index < -0.39 is 0 Å². The molecule has 0 aliphatic rings. The number of nitrogens with one attached hydrogen (secondary N) is 1. The molecule has 0 radical (unpaired) electrons. The predicted octanol–water partition coefficient (Wildman–Crippen LogP) is 3.85. The fourth-order valence-corrected chi connectivity index (χ4v) is 3.04. The Morgan fingerprint density at radius 2 is 1.85 bits per heavy atom. The normalized spacial score (nSPS) is 12.3. The van der Waals surface area contributed by atoms with Crippen LogP contribution in [0.5, 0.6) is 5.75 Å². The quantitative estimate of drug-likeness (QED) is 0.702. The first-order valence-corrected chi connectivity index (χ1v) is 9.14. The fourth-order valence-electron chi connectivity index (χ4n) is 3.04. The highest BCUT2D eigenvalue weighted by Gasteiger charge is 2.19. The maximum Gasteiger partial charge on any atom is 0.266 e. The molecule has 0 saturated carbocycles. The SMILES string of the molecule is CCCNC(C)c1nc2ccccc2c(=O)n1-c1ccccc1OCC. The maximum atomic E-state index is 13.3. The molecule has 0 aliphatic carbocycles. The van der Waals surface area contributed by atoms with Crippen molar-refractivity contribution in [1.29, 1.82) is 0 Å². The Morgan fingerprint density at radius 3 is 2.62 bits per heavy atom. The minimum absolute atomic E-state index is 0.0676. The Bertz CT molecular complexity index is 949. The highest BCUT2D eigenvalue weighted by molar-refractivity contribution is 5.78. The summed E-state index contributed by atoms with van der Waals surface area (Å²) in [5.41, 5.74) is 1.35. The van der Waals surface area contributed by atoms with Crippen LogP contribution in [0.15, 0.2) is 53.3 Å². The number of para-hydroxylation sites is 3. The average Bonchev–Trinajstić information content (AvgIpc) is 2.67. The molecule has 0 amide bonds. The molecule has 26 heavy (non-hydrogen) atoms. The third-order valence-corrected chi connectivity index (χ3v) is 4.30. The summed E-state index contributed by atoms with van der Waals surface area (Å²) in [6.45, 7) is 7.48. The summed E-state index contributed by atoms with van der Waals surface area (Å²) < 4.78 is 7.45. The van der Waals surface area contributed by atoms with Gasteiger partial charge in [0.25, 0.3) is 5.56 Å². The zero-order chi connectivity index (χ0) is 18.5. The van der Waals surface area contributed by atoms with Crippen LogP contribution in [0.3, 0.4) is 0 Å². The van der Waals surface area contributed by atoms with E-state index in [1.54, 1.807) is 4.57 Å². The lowest BCUT2D eigenvalue weighted by molar-refractivity contribution is 0.338. The zero-order valence-electron chi connectivity index (χ0n) is 15.5. The summed E-state index contributed by atoms with van der Waals surface area (Å²) in [7, 11) is 0. The van der Waals surface area contributed by atoms with Crippen molar-refractivity contribution >= 4 is 10.9 Å². The molecule has 3 rings (SSSR count). The summed E-state index contributed by atoms with van der Waals surface area (Å²) in [5.74, 6) is 1.37. The van der Waals surface area contributed by atoms with Gasteiger partial charge in [-0.25, -0.2) is 4.98 Å². The first-order valence-electron chi connectivity index (χ1n) is 9.14. The van der Waals surface area contributed by atoms with Gasteiger partial charge in [-0.15, -0.1) is 0 Å². The van der Waals surface area contributed by atoms with Gasteiger partial charge in [-0.05, 0) is 51.1 Å². The lowest BCUT2D eigenvalue weighted by atomic mass is 10.2.